The molecule has 1 heterocycles. The molecule has 1 N–H and O–H groups in total. The molecule has 1 aliphatic heterocycles. The fourth-order valence-corrected chi connectivity index (χ4v) is 2.79. The summed E-state index contributed by atoms with van der Waals surface area (Å²) >= 11 is 0. The monoisotopic (exact) mass is 280 g/mol. The molecule has 3 nitrogen and oxygen atoms in total. The van der Waals surface area contributed by atoms with E-state index in [1.165, 1.54) is 5.56 Å². The highest BCUT2D eigenvalue weighted by atomic mass is 16.1. The summed E-state index contributed by atoms with van der Waals surface area (Å²) < 4.78 is 0. The molecule has 3 rings (SSSR count). The van der Waals surface area contributed by atoms with E-state index in [0.717, 1.165) is 31.6 Å². The summed E-state index contributed by atoms with van der Waals surface area (Å²) in [6, 6.07) is 20.1. The average Bonchev–Trinajstić information content (AvgIpc) is 2.96. The van der Waals surface area contributed by atoms with Gasteiger partial charge in [-0.1, -0.05) is 48.5 Å². The zero-order chi connectivity index (χ0) is 14.5. The Labute approximate surface area is 125 Å². The Kier molecular flexibility index (Phi) is 4.31. The second-order valence-electron chi connectivity index (χ2n) is 5.55. The summed E-state index contributed by atoms with van der Waals surface area (Å²) in [6.07, 6.45) is 1.02. The number of likely N-dealkylation sites (tertiary alicyclic amines) is 1. The first-order valence-electron chi connectivity index (χ1n) is 7.43. The molecule has 1 fully saturated rings. The second-order valence-corrected chi connectivity index (χ2v) is 5.55. The molecular formula is C18H20N2O. The standard InChI is InChI=1S/C18H20N2O/c21-18(16-9-5-2-6-10-16)19-17-11-12-20(14-17)13-15-7-3-1-4-8-15/h1-10,17H,11-14H2,(H,19,21). The van der Waals surface area contributed by atoms with Crippen molar-refractivity contribution in [1.82, 2.24) is 10.2 Å². The molecule has 1 amide bonds. The van der Waals surface area contributed by atoms with Gasteiger partial charge in [0.1, 0.15) is 0 Å². The quantitative estimate of drug-likeness (QED) is 0.934. The summed E-state index contributed by atoms with van der Waals surface area (Å²) in [5.74, 6) is 0.0298. The lowest BCUT2D eigenvalue weighted by molar-refractivity contribution is 0.0937. The van der Waals surface area contributed by atoms with Crippen molar-refractivity contribution >= 4 is 5.91 Å². The summed E-state index contributed by atoms with van der Waals surface area (Å²) in [5, 5.41) is 3.13. The highest BCUT2D eigenvalue weighted by Crippen LogP contribution is 2.14. The maximum absolute atomic E-state index is 12.1. The van der Waals surface area contributed by atoms with Crippen LogP contribution >= 0.6 is 0 Å². The van der Waals surface area contributed by atoms with Crippen molar-refractivity contribution in [3.63, 3.8) is 0 Å². The number of hydrogen-bond acceptors (Lipinski definition) is 2. The van der Waals surface area contributed by atoms with Crippen molar-refractivity contribution in [2.75, 3.05) is 13.1 Å². The summed E-state index contributed by atoms with van der Waals surface area (Å²) in [6.45, 7) is 2.92. The molecule has 0 aromatic heterocycles. The Hall–Kier alpha value is -2.13. The minimum atomic E-state index is 0.0298. The third-order valence-electron chi connectivity index (χ3n) is 3.89. The third-order valence-corrected chi connectivity index (χ3v) is 3.89. The van der Waals surface area contributed by atoms with Gasteiger partial charge in [0.05, 0.1) is 0 Å². The van der Waals surface area contributed by atoms with Gasteiger partial charge in [0.15, 0.2) is 0 Å². The molecule has 1 saturated heterocycles. The van der Waals surface area contributed by atoms with E-state index in [1.54, 1.807) is 0 Å². The molecule has 3 heteroatoms. The van der Waals surface area contributed by atoms with Crippen LogP contribution in [0, 0.1) is 0 Å². The van der Waals surface area contributed by atoms with E-state index in [2.05, 4.69) is 34.5 Å². The summed E-state index contributed by atoms with van der Waals surface area (Å²) in [4.78, 5) is 14.5. The zero-order valence-electron chi connectivity index (χ0n) is 12.0. The van der Waals surface area contributed by atoms with E-state index < -0.39 is 0 Å². The van der Waals surface area contributed by atoms with Crippen LogP contribution < -0.4 is 5.32 Å². The van der Waals surface area contributed by atoms with Gasteiger partial charge in [0, 0.05) is 31.2 Å². The minimum absolute atomic E-state index is 0.0298. The van der Waals surface area contributed by atoms with Gasteiger partial charge in [0.25, 0.3) is 5.91 Å². The van der Waals surface area contributed by atoms with E-state index in [4.69, 9.17) is 0 Å². The Morgan fingerprint density at radius 1 is 1.05 bits per heavy atom. The number of nitrogens with zero attached hydrogens (tertiary/aromatic N) is 1. The van der Waals surface area contributed by atoms with E-state index in [-0.39, 0.29) is 11.9 Å². The minimum Gasteiger partial charge on any atom is -0.348 e. The molecule has 1 atom stereocenters. The normalized spacial score (nSPS) is 18.6. The van der Waals surface area contributed by atoms with Crippen molar-refractivity contribution in [2.24, 2.45) is 0 Å². The molecule has 0 radical (unpaired) electrons. The van der Waals surface area contributed by atoms with Crippen molar-refractivity contribution in [2.45, 2.75) is 19.0 Å². The van der Waals surface area contributed by atoms with Crippen molar-refractivity contribution in [1.29, 1.82) is 0 Å². The van der Waals surface area contributed by atoms with Crippen LogP contribution in [0.3, 0.4) is 0 Å². The van der Waals surface area contributed by atoms with Crippen LogP contribution in [-0.4, -0.2) is 29.9 Å². The van der Waals surface area contributed by atoms with Gasteiger partial charge in [0.2, 0.25) is 0 Å². The van der Waals surface area contributed by atoms with Crippen molar-refractivity contribution in [3.8, 4) is 0 Å². The number of nitrogens with one attached hydrogen (secondary N) is 1. The lowest BCUT2D eigenvalue weighted by Gasteiger charge is -2.16. The third kappa shape index (κ3) is 3.70. The summed E-state index contributed by atoms with van der Waals surface area (Å²) in [5.41, 5.74) is 2.06. The lowest BCUT2D eigenvalue weighted by atomic mass is 10.2. The number of carbonyl (C=O) groups is 1. The molecule has 0 saturated carbocycles. The van der Waals surface area contributed by atoms with Gasteiger partial charge in [-0.25, -0.2) is 0 Å². The van der Waals surface area contributed by atoms with Gasteiger partial charge < -0.3 is 5.32 Å². The van der Waals surface area contributed by atoms with Gasteiger partial charge in [-0.05, 0) is 24.1 Å². The van der Waals surface area contributed by atoms with Crippen LogP contribution in [0.5, 0.6) is 0 Å². The fourth-order valence-electron chi connectivity index (χ4n) is 2.79. The maximum Gasteiger partial charge on any atom is 0.251 e. The van der Waals surface area contributed by atoms with Gasteiger partial charge in [-0.2, -0.15) is 0 Å². The highest BCUT2D eigenvalue weighted by Gasteiger charge is 2.23. The molecule has 1 aliphatic rings. The van der Waals surface area contributed by atoms with Crippen molar-refractivity contribution < 1.29 is 4.79 Å². The predicted octanol–water partition coefficient (Wildman–Crippen LogP) is 2.69. The number of hydrogen-bond donors (Lipinski definition) is 1. The van der Waals surface area contributed by atoms with Crippen LogP contribution in [0.1, 0.15) is 22.3 Å². The van der Waals surface area contributed by atoms with Crippen LogP contribution in [0.15, 0.2) is 60.7 Å². The van der Waals surface area contributed by atoms with Crippen LogP contribution in [0.4, 0.5) is 0 Å². The molecule has 0 spiro atoms. The molecule has 0 aliphatic carbocycles. The van der Waals surface area contributed by atoms with E-state index in [9.17, 15) is 4.79 Å². The lowest BCUT2D eigenvalue weighted by Crippen LogP contribution is -2.36. The Morgan fingerprint density at radius 3 is 2.43 bits per heavy atom. The fraction of sp³-hybridized carbons (Fsp3) is 0.278. The topological polar surface area (TPSA) is 32.3 Å². The van der Waals surface area contributed by atoms with Gasteiger partial charge >= 0.3 is 0 Å². The van der Waals surface area contributed by atoms with Crippen LogP contribution in [0.25, 0.3) is 0 Å². The van der Waals surface area contributed by atoms with Crippen LogP contribution in [0.2, 0.25) is 0 Å². The predicted molar refractivity (Wildman–Crippen MR) is 84.0 cm³/mol. The maximum atomic E-state index is 12.1. The number of benzene rings is 2. The van der Waals surface area contributed by atoms with Gasteiger partial charge in [-0.3, -0.25) is 9.69 Å². The van der Waals surface area contributed by atoms with E-state index in [0.29, 0.717) is 0 Å². The SMILES string of the molecule is O=C(NC1CCN(Cc2ccccc2)C1)c1ccccc1. The molecular weight excluding hydrogens is 260 g/mol. The first-order valence-corrected chi connectivity index (χ1v) is 7.43. The first kappa shape index (κ1) is 13.8. The summed E-state index contributed by atoms with van der Waals surface area (Å²) in [7, 11) is 0. The molecule has 2 aromatic rings. The van der Waals surface area contributed by atoms with E-state index >= 15 is 0 Å². The Morgan fingerprint density at radius 2 is 1.71 bits per heavy atom. The number of carbonyl (C=O) groups excluding carboxylic acids is 1. The van der Waals surface area contributed by atoms with Crippen LogP contribution in [-0.2, 0) is 6.54 Å². The molecule has 21 heavy (non-hydrogen) atoms. The van der Waals surface area contributed by atoms with Gasteiger partial charge in [-0.15, -0.1) is 0 Å². The Bertz CT molecular complexity index is 583. The Balaban J connectivity index is 1.52. The number of rotatable bonds is 4. The smallest absolute Gasteiger partial charge is 0.251 e. The van der Waals surface area contributed by atoms with E-state index in [1.807, 2.05) is 36.4 Å². The number of amides is 1. The largest absolute Gasteiger partial charge is 0.348 e. The molecule has 108 valence electrons. The average molecular weight is 280 g/mol. The molecule has 2 aromatic carbocycles. The highest BCUT2D eigenvalue weighted by molar-refractivity contribution is 5.94. The first-order chi connectivity index (χ1) is 10.3. The molecule has 0 bridgehead atoms. The van der Waals surface area contributed by atoms with Crippen molar-refractivity contribution in [3.05, 3.63) is 71.8 Å². The second kappa shape index (κ2) is 6.55. The zero-order valence-corrected chi connectivity index (χ0v) is 12.0. The molecule has 1 unspecified atom stereocenters.